The maximum absolute atomic E-state index is 13.9. The predicted molar refractivity (Wildman–Crippen MR) is 198 cm³/mol. The van der Waals surface area contributed by atoms with Crippen LogP contribution in [-0.4, -0.2) is 144 Å². The van der Waals surface area contributed by atoms with Crippen LogP contribution in [0.1, 0.15) is 75.7 Å². The number of esters is 1. The molecule has 306 valence electrons. The highest BCUT2D eigenvalue weighted by molar-refractivity contribution is 5.96. The van der Waals surface area contributed by atoms with Gasteiger partial charge in [0.15, 0.2) is 12.3 Å². The second-order valence-corrected chi connectivity index (χ2v) is 13.9. The molecule has 5 rings (SSSR count). The fourth-order valence-corrected chi connectivity index (χ4v) is 6.49. The van der Waals surface area contributed by atoms with E-state index in [0.29, 0.717) is 31.5 Å². The Kier molecular flexibility index (Phi) is 15.4. The van der Waals surface area contributed by atoms with Gasteiger partial charge in [0.05, 0.1) is 38.1 Å². The summed E-state index contributed by atoms with van der Waals surface area (Å²) in [4.78, 5) is 86.7. The highest BCUT2D eigenvalue weighted by atomic mass is 16.8. The average molecular weight is 784 g/mol. The lowest BCUT2D eigenvalue weighted by Gasteiger charge is -2.35. The lowest BCUT2D eigenvalue weighted by atomic mass is 9.93. The van der Waals surface area contributed by atoms with E-state index in [-0.39, 0.29) is 87.8 Å². The van der Waals surface area contributed by atoms with Crippen LogP contribution in [0.2, 0.25) is 0 Å². The Morgan fingerprint density at radius 2 is 1.68 bits per heavy atom. The van der Waals surface area contributed by atoms with Crippen molar-refractivity contribution in [3.63, 3.8) is 0 Å². The molecular weight excluding hydrogens is 730 g/mol. The minimum Gasteiger partial charge on any atom is -0.467 e. The van der Waals surface area contributed by atoms with Crippen molar-refractivity contribution in [2.24, 2.45) is 0 Å². The van der Waals surface area contributed by atoms with Gasteiger partial charge in [0, 0.05) is 51.7 Å². The number of para-hydroxylation sites is 1. The standard InChI is InChI=1S/C38H53N7O11/c1-4-53-38(51)56-43-21-19-42(20-22-43)37(50)29(15-16-34(47)54-23-17-26(2)52-3)40-35(48)30-24-33(45(41-30)28-12-6-5-7-13-28)55-25-32(46)44-18-9-14-31(44)36(49)39-27-10-8-11-27/h5-7,12-13,24,26-27,29,31H,4,8-11,14-23,25H2,1-3H3,(H,39,49)(H,40,48)/t26-,29?,31-/m0/s1. The summed E-state index contributed by atoms with van der Waals surface area (Å²) >= 11 is 0. The number of carbonyl (C=O) groups excluding carboxylic acids is 6. The first-order valence-corrected chi connectivity index (χ1v) is 19.3. The number of likely N-dealkylation sites (tertiary alicyclic amines) is 1. The van der Waals surface area contributed by atoms with Gasteiger partial charge in [-0.2, -0.15) is 5.10 Å². The fraction of sp³-hybridized carbons (Fsp3) is 0.605. The molecule has 0 spiro atoms. The van der Waals surface area contributed by atoms with E-state index in [1.165, 1.54) is 25.6 Å². The Morgan fingerprint density at radius 3 is 2.36 bits per heavy atom. The van der Waals surface area contributed by atoms with E-state index in [0.717, 1.165) is 19.3 Å². The summed E-state index contributed by atoms with van der Waals surface area (Å²) in [6.45, 7) is 4.60. The van der Waals surface area contributed by atoms with E-state index in [1.54, 1.807) is 38.3 Å². The Balaban J connectivity index is 1.27. The molecule has 1 unspecified atom stereocenters. The van der Waals surface area contributed by atoms with E-state index in [9.17, 15) is 28.8 Å². The molecule has 0 bridgehead atoms. The molecular formula is C38H53N7O11. The van der Waals surface area contributed by atoms with Gasteiger partial charge in [0.2, 0.25) is 17.7 Å². The molecule has 1 aromatic carbocycles. The van der Waals surface area contributed by atoms with Crippen molar-refractivity contribution < 1.29 is 52.6 Å². The third-order valence-corrected chi connectivity index (χ3v) is 10.0. The number of nitrogens with one attached hydrogen (secondary N) is 2. The summed E-state index contributed by atoms with van der Waals surface area (Å²) in [5, 5.41) is 11.7. The number of ether oxygens (including phenoxy) is 4. The molecule has 18 heteroatoms. The highest BCUT2D eigenvalue weighted by Crippen LogP contribution is 2.24. The Bertz CT molecular complexity index is 1660. The fourth-order valence-electron chi connectivity index (χ4n) is 6.49. The number of nitrogens with zero attached hydrogens (tertiary/aromatic N) is 5. The smallest absolute Gasteiger partial charge is 0.467 e. The summed E-state index contributed by atoms with van der Waals surface area (Å²) in [6, 6.07) is 8.70. The first-order chi connectivity index (χ1) is 27.1. The van der Waals surface area contributed by atoms with E-state index in [2.05, 4.69) is 15.7 Å². The van der Waals surface area contributed by atoms with Gasteiger partial charge in [-0.25, -0.2) is 9.48 Å². The molecule has 3 aliphatic rings. The van der Waals surface area contributed by atoms with E-state index in [1.807, 2.05) is 13.0 Å². The van der Waals surface area contributed by atoms with Crippen molar-refractivity contribution in [2.75, 3.05) is 59.7 Å². The summed E-state index contributed by atoms with van der Waals surface area (Å²) < 4.78 is 22.7. The number of amides is 4. The van der Waals surface area contributed by atoms with Crippen LogP contribution in [0, 0.1) is 0 Å². The van der Waals surface area contributed by atoms with Crippen LogP contribution in [-0.2, 0) is 38.2 Å². The molecule has 3 heterocycles. The number of piperazine rings is 1. The zero-order chi connectivity index (χ0) is 40.0. The zero-order valence-corrected chi connectivity index (χ0v) is 32.3. The second kappa shape index (κ2) is 20.6. The van der Waals surface area contributed by atoms with Crippen LogP contribution in [0.4, 0.5) is 4.79 Å². The van der Waals surface area contributed by atoms with Crippen molar-refractivity contribution in [2.45, 2.75) is 89.4 Å². The molecule has 0 radical (unpaired) electrons. The number of methoxy groups -OCH3 is 1. The molecule has 18 nitrogen and oxygen atoms in total. The lowest BCUT2D eigenvalue weighted by Crippen LogP contribution is -2.55. The zero-order valence-electron chi connectivity index (χ0n) is 32.3. The molecule has 3 fully saturated rings. The predicted octanol–water partition coefficient (Wildman–Crippen LogP) is 1.99. The molecule has 2 aromatic rings. The molecule has 2 aliphatic heterocycles. The van der Waals surface area contributed by atoms with Crippen molar-refractivity contribution in [3.05, 3.63) is 42.1 Å². The minimum absolute atomic E-state index is 0.0641. The maximum atomic E-state index is 13.9. The SMILES string of the molecule is CCOC(=O)ON1CCN(C(=O)C(CCC(=O)OCC[C@H](C)OC)NC(=O)c2cc(OCC(=O)N3CCC[C@H]3C(=O)NC3CCC3)n(-c3ccccc3)n2)CC1. The first-order valence-electron chi connectivity index (χ1n) is 19.3. The lowest BCUT2D eigenvalue weighted by molar-refractivity contribution is -0.157. The summed E-state index contributed by atoms with van der Waals surface area (Å²) in [7, 11) is 1.56. The highest BCUT2D eigenvalue weighted by Gasteiger charge is 2.36. The van der Waals surface area contributed by atoms with Gasteiger partial charge in [-0.15, -0.1) is 5.06 Å². The average Bonchev–Trinajstić information content (AvgIpc) is 3.86. The monoisotopic (exact) mass is 783 g/mol. The summed E-state index contributed by atoms with van der Waals surface area (Å²) in [6.07, 6.45) is 3.55. The summed E-state index contributed by atoms with van der Waals surface area (Å²) in [5.41, 5.74) is 0.450. The van der Waals surface area contributed by atoms with E-state index < -0.39 is 42.6 Å². The summed E-state index contributed by atoms with van der Waals surface area (Å²) in [5.74, 6) is -2.13. The van der Waals surface area contributed by atoms with Gasteiger partial charge < -0.3 is 44.2 Å². The Hall–Kier alpha value is -5.23. The van der Waals surface area contributed by atoms with Crippen molar-refractivity contribution in [1.82, 2.24) is 35.3 Å². The molecule has 1 aliphatic carbocycles. The van der Waals surface area contributed by atoms with Crippen molar-refractivity contribution >= 4 is 35.8 Å². The molecule has 3 atom stereocenters. The molecule has 2 N–H and O–H groups in total. The van der Waals surface area contributed by atoms with Gasteiger partial charge >= 0.3 is 12.1 Å². The molecule has 2 saturated heterocycles. The largest absolute Gasteiger partial charge is 0.527 e. The number of hydrogen-bond acceptors (Lipinski definition) is 13. The van der Waals surface area contributed by atoms with Crippen LogP contribution in [0.25, 0.3) is 5.69 Å². The maximum Gasteiger partial charge on any atom is 0.527 e. The van der Waals surface area contributed by atoms with Crippen LogP contribution >= 0.6 is 0 Å². The van der Waals surface area contributed by atoms with Crippen LogP contribution in [0.3, 0.4) is 0 Å². The van der Waals surface area contributed by atoms with Crippen molar-refractivity contribution in [3.8, 4) is 11.6 Å². The quantitative estimate of drug-likeness (QED) is 0.208. The van der Waals surface area contributed by atoms with Crippen molar-refractivity contribution in [1.29, 1.82) is 0 Å². The van der Waals surface area contributed by atoms with Crippen LogP contribution < -0.4 is 15.4 Å². The third-order valence-electron chi connectivity index (χ3n) is 10.0. The number of carbonyl (C=O) groups is 6. The number of hydrogen-bond donors (Lipinski definition) is 2. The topological polar surface area (TPSA) is 200 Å². The van der Waals surface area contributed by atoms with Gasteiger partial charge in [-0.05, 0) is 64.5 Å². The van der Waals surface area contributed by atoms with Gasteiger partial charge in [-0.3, -0.25) is 24.0 Å². The van der Waals surface area contributed by atoms with Gasteiger partial charge in [0.25, 0.3) is 11.8 Å². The molecule has 4 amide bonds. The van der Waals surface area contributed by atoms with E-state index >= 15 is 0 Å². The minimum atomic E-state index is -1.14. The number of aromatic nitrogens is 2. The second-order valence-electron chi connectivity index (χ2n) is 13.9. The van der Waals surface area contributed by atoms with Gasteiger partial charge in [-0.1, -0.05) is 18.2 Å². The third kappa shape index (κ3) is 11.6. The first kappa shape index (κ1) is 41.9. The Morgan fingerprint density at radius 1 is 0.929 bits per heavy atom. The number of hydroxylamine groups is 2. The molecule has 56 heavy (non-hydrogen) atoms. The van der Waals surface area contributed by atoms with Gasteiger partial charge in [0.1, 0.15) is 12.1 Å². The molecule has 1 saturated carbocycles. The normalized spacial score (nSPS) is 18.3. The van der Waals surface area contributed by atoms with E-state index in [4.69, 9.17) is 23.8 Å². The number of benzene rings is 1. The van der Waals surface area contributed by atoms with Crippen LogP contribution in [0.15, 0.2) is 36.4 Å². The van der Waals surface area contributed by atoms with Crippen LogP contribution in [0.5, 0.6) is 5.88 Å². The molecule has 1 aromatic heterocycles. The Labute approximate surface area is 326 Å². The number of rotatable bonds is 18.